The van der Waals surface area contributed by atoms with Crippen molar-refractivity contribution in [3.63, 3.8) is 0 Å². The summed E-state index contributed by atoms with van der Waals surface area (Å²) in [6, 6.07) is 5.69. The number of amides is 1. The lowest BCUT2D eigenvalue weighted by Crippen LogP contribution is -2.08. The molecule has 0 fully saturated rings. The Kier molecular flexibility index (Phi) is 3.66. The van der Waals surface area contributed by atoms with Crippen molar-refractivity contribution in [3.05, 3.63) is 29.8 Å². The van der Waals surface area contributed by atoms with E-state index >= 15 is 0 Å². The Morgan fingerprint density at radius 2 is 2.00 bits per heavy atom. The van der Waals surface area contributed by atoms with E-state index in [-0.39, 0.29) is 16.9 Å². The third kappa shape index (κ3) is 3.38. The van der Waals surface area contributed by atoms with Crippen molar-refractivity contribution in [1.82, 2.24) is 0 Å². The Labute approximate surface area is 93.0 Å². The topological polar surface area (TPSA) is 97.5 Å². The number of carbonyl (C=O) groups excluding carboxylic acids is 1. The Balaban J connectivity index is 3.14. The van der Waals surface area contributed by atoms with Crippen LogP contribution in [0.4, 0.5) is 0 Å². The highest BCUT2D eigenvalue weighted by Gasteiger charge is 2.12. The summed E-state index contributed by atoms with van der Waals surface area (Å²) in [5.41, 5.74) is 5.00. The summed E-state index contributed by atoms with van der Waals surface area (Å²) < 4.78 is 30.8. The summed E-state index contributed by atoms with van der Waals surface area (Å²) in [4.78, 5) is 10.1. The number of primary amides is 1. The molecule has 0 aromatic heterocycles. The molecule has 0 aliphatic carbocycles. The van der Waals surface area contributed by atoms with Crippen LogP contribution in [0.5, 0.6) is 0 Å². The van der Waals surface area contributed by atoms with Crippen molar-refractivity contribution in [3.8, 4) is 11.8 Å². The van der Waals surface area contributed by atoms with Gasteiger partial charge in [0.05, 0.1) is 6.42 Å². The molecule has 1 amide bonds. The predicted octanol–water partition coefficient (Wildman–Crippen LogP) is 0.160. The van der Waals surface area contributed by atoms with E-state index in [2.05, 4.69) is 11.8 Å². The quantitative estimate of drug-likeness (QED) is 0.567. The minimum atomic E-state index is -4.30. The van der Waals surface area contributed by atoms with E-state index in [4.69, 9.17) is 10.3 Å². The fraction of sp³-hybridized carbons (Fsp3) is 0.100. The molecule has 0 aliphatic heterocycles. The SMILES string of the molecule is NC(=O)CC#Cc1ccccc1S(=O)(=O)O. The molecule has 0 saturated heterocycles. The molecule has 1 rings (SSSR count). The average molecular weight is 239 g/mol. The van der Waals surface area contributed by atoms with Crippen LogP contribution in [0, 0.1) is 11.8 Å². The third-order valence-corrected chi connectivity index (χ3v) is 2.56. The lowest BCUT2D eigenvalue weighted by molar-refractivity contribution is -0.117. The van der Waals surface area contributed by atoms with Crippen molar-refractivity contribution in [2.75, 3.05) is 0 Å². The fourth-order valence-electron chi connectivity index (χ4n) is 1.02. The second-order valence-corrected chi connectivity index (χ2v) is 4.31. The molecule has 6 heteroatoms. The van der Waals surface area contributed by atoms with Gasteiger partial charge in [0.15, 0.2) is 0 Å². The summed E-state index contributed by atoms with van der Waals surface area (Å²) in [7, 11) is -4.30. The minimum Gasteiger partial charge on any atom is -0.369 e. The van der Waals surface area contributed by atoms with E-state index in [1.165, 1.54) is 18.2 Å². The predicted molar refractivity (Wildman–Crippen MR) is 56.9 cm³/mol. The molecule has 0 spiro atoms. The van der Waals surface area contributed by atoms with Crippen molar-refractivity contribution in [1.29, 1.82) is 0 Å². The average Bonchev–Trinajstić information content (AvgIpc) is 2.16. The van der Waals surface area contributed by atoms with Crippen molar-refractivity contribution >= 4 is 16.0 Å². The van der Waals surface area contributed by atoms with Crippen LogP contribution in [0.3, 0.4) is 0 Å². The molecule has 0 heterocycles. The highest BCUT2D eigenvalue weighted by molar-refractivity contribution is 7.85. The highest BCUT2D eigenvalue weighted by Crippen LogP contribution is 2.13. The van der Waals surface area contributed by atoms with Gasteiger partial charge >= 0.3 is 0 Å². The second kappa shape index (κ2) is 4.79. The molecule has 16 heavy (non-hydrogen) atoms. The first-order chi connectivity index (χ1) is 7.41. The molecule has 0 bridgehead atoms. The number of benzene rings is 1. The summed E-state index contributed by atoms with van der Waals surface area (Å²) in [5, 5.41) is 0. The second-order valence-electron chi connectivity index (χ2n) is 2.92. The van der Waals surface area contributed by atoms with Crippen LogP contribution in [-0.2, 0) is 14.9 Å². The van der Waals surface area contributed by atoms with Gasteiger partial charge in [0.1, 0.15) is 4.90 Å². The lowest BCUT2D eigenvalue weighted by Gasteiger charge is -1.99. The van der Waals surface area contributed by atoms with E-state index < -0.39 is 16.0 Å². The van der Waals surface area contributed by atoms with Crippen molar-refractivity contribution in [2.45, 2.75) is 11.3 Å². The van der Waals surface area contributed by atoms with Crippen LogP contribution in [0.2, 0.25) is 0 Å². The summed E-state index contributed by atoms with van der Waals surface area (Å²) >= 11 is 0. The number of hydrogen-bond acceptors (Lipinski definition) is 3. The standard InChI is InChI=1S/C10H9NO4S/c11-10(12)7-3-5-8-4-1-2-6-9(8)16(13,14)15/h1-2,4,6H,7H2,(H2,11,12)(H,13,14,15). The van der Waals surface area contributed by atoms with Gasteiger partial charge in [-0.15, -0.1) is 0 Å². The van der Waals surface area contributed by atoms with E-state index in [0.29, 0.717) is 0 Å². The maximum absolute atomic E-state index is 10.9. The fourth-order valence-corrected chi connectivity index (χ4v) is 1.67. The zero-order chi connectivity index (χ0) is 12.2. The smallest absolute Gasteiger partial charge is 0.295 e. The van der Waals surface area contributed by atoms with Gasteiger partial charge in [-0.25, -0.2) is 0 Å². The monoisotopic (exact) mass is 239 g/mol. The van der Waals surface area contributed by atoms with E-state index in [9.17, 15) is 13.2 Å². The van der Waals surface area contributed by atoms with Crippen LogP contribution < -0.4 is 5.73 Å². The van der Waals surface area contributed by atoms with Crippen molar-refractivity contribution < 1.29 is 17.8 Å². The zero-order valence-electron chi connectivity index (χ0n) is 8.17. The van der Waals surface area contributed by atoms with Gasteiger partial charge in [0.25, 0.3) is 10.1 Å². The number of nitrogens with two attached hydrogens (primary N) is 1. The molecule has 0 radical (unpaired) electrons. The maximum Gasteiger partial charge on any atom is 0.295 e. The zero-order valence-corrected chi connectivity index (χ0v) is 8.99. The molecule has 0 atom stereocenters. The third-order valence-electron chi connectivity index (χ3n) is 1.65. The van der Waals surface area contributed by atoms with E-state index in [0.717, 1.165) is 0 Å². The Hall–Kier alpha value is -1.84. The van der Waals surface area contributed by atoms with Crippen LogP contribution >= 0.6 is 0 Å². The molecule has 3 N–H and O–H groups in total. The van der Waals surface area contributed by atoms with Crippen molar-refractivity contribution in [2.24, 2.45) is 5.73 Å². The number of hydrogen-bond donors (Lipinski definition) is 2. The van der Waals surface area contributed by atoms with Crippen LogP contribution in [-0.4, -0.2) is 18.9 Å². The first-order valence-corrected chi connectivity index (χ1v) is 5.69. The summed E-state index contributed by atoms with van der Waals surface area (Å²) in [6.45, 7) is 0. The number of rotatable bonds is 2. The Morgan fingerprint density at radius 3 is 2.56 bits per heavy atom. The first kappa shape index (κ1) is 12.2. The molecule has 0 saturated carbocycles. The van der Waals surface area contributed by atoms with Crippen LogP contribution in [0.1, 0.15) is 12.0 Å². The molecule has 84 valence electrons. The maximum atomic E-state index is 10.9. The Morgan fingerprint density at radius 1 is 1.38 bits per heavy atom. The van der Waals surface area contributed by atoms with Gasteiger partial charge in [0, 0.05) is 5.56 Å². The van der Waals surface area contributed by atoms with Gasteiger partial charge in [-0.2, -0.15) is 8.42 Å². The van der Waals surface area contributed by atoms with Gasteiger partial charge < -0.3 is 5.73 Å². The van der Waals surface area contributed by atoms with Gasteiger partial charge in [0.2, 0.25) is 5.91 Å². The lowest BCUT2D eigenvalue weighted by atomic mass is 10.2. The molecular formula is C10H9NO4S. The van der Waals surface area contributed by atoms with Gasteiger partial charge in [-0.1, -0.05) is 24.0 Å². The number of carbonyl (C=O) groups is 1. The highest BCUT2D eigenvalue weighted by atomic mass is 32.2. The molecular weight excluding hydrogens is 230 g/mol. The van der Waals surface area contributed by atoms with E-state index in [1.807, 2.05) is 0 Å². The van der Waals surface area contributed by atoms with Gasteiger partial charge in [-0.3, -0.25) is 9.35 Å². The first-order valence-electron chi connectivity index (χ1n) is 4.25. The summed E-state index contributed by atoms with van der Waals surface area (Å²) in [5.74, 6) is 4.27. The molecule has 5 nitrogen and oxygen atoms in total. The molecule has 1 aromatic carbocycles. The van der Waals surface area contributed by atoms with Crippen LogP contribution in [0.15, 0.2) is 29.2 Å². The normalized spacial score (nSPS) is 10.3. The minimum absolute atomic E-state index is 0.131. The largest absolute Gasteiger partial charge is 0.369 e. The molecule has 0 unspecified atom stereocenters. The summed E-state index contributed by atoms with van der Waals surface area (Å²) in [6.07, 6.45) is -0.167. The van der Waals surface area contributed by atoms with Gasteiger partial charge in [-0.05, 0) is 12.1 Å². The molecule has 1 aromatic rings. The Bertz CT molecular complexity index is 566. The van der Waals surface area contributed by atoms with Crippen LogP contribution in [0.25, 0.3) is 0 Å². The van der Waals surface area contributed by atoms with E-state index in [1.54, 1.807) is 6.07 Å². The molecule has 0 aliphatic rings.